The first-order valence-corrected chi connectivity index (χ1v) is 7.48. The molecule has 102 valence electrons. The number of rotatable bonds is 2. The lowest BCUT2D eigenvalue weighted by Gasteiger charge is -2.27. The first kappa shape index (κ1) is 15.0. The number of hydrogen-bond acceptors (Lipinski definition) is 4. The Morgan fingerprint density at radius 2 is 1.89 bits per heavy atom. The van der Waals surface area contributed by atoms with E-state index in [0.29, 0.717) is 5.13 Å². The number of anilines is 2. The summed E-state index contributed by atoms with van der Waals surface area (Å²) in [4.78, 5) is 17.7. The Labute approximate surface area is 113 Å². The minimum Gasteiger partial charge on any atom is -0.362 e. The van der Waals surface area contributed by atoms with Crippen LogP contribution in [-0.4, -0.2) is 24.0 Å². The summed E-state index contributed by atoms with van der Waals surface area (Å²) in [6.45, 7) is 9.74. The lowest BCUT2D eigenvalue weighted by Crippen LogP contribution is -2.29. The minimum absolute atomic E-state index is 0.0565. The molecular formula is C13H23N3OS. The maximum Gasteiger partial charge on any atom is 0.223 e. The van der Waals surface area contributed by atoms with Crippen LogP contribution in [0.15, 0.2) is 0 Å². The molecule has 0 aromatic carbocycles. The van der Waals surface area contributed by atoms with Gasteiger partial charge in [0.05, 0.1) is 5.69 Å². The zero-order valence-electron chi connectivity index (χ0n) is 11.7. The largest absolute Gasteiger partial charge is 0.362 e. The van der Waals surface area contributed by atoms with Crippen molar-refractivity contribution in [2.24, 2.45) is 0 Å². The van der Waals surface area contributed by atoms with Crippen molar-refractivity contribution in [1.29, 1.82) is 0 Å². The molecule has 0 unspecified atom stereocenters. The monoisotopic (exact) mass is 269 g/mol. The third kappa shape index (κ3) is 3.98. The lowest BCUT2D eigenvalue weighted by molar-refractivity contribution is -0.114. The highest BCUT2D eigenvalue weighted by molar-refractivity contribution is 7.19. The normalized spacial score (nSPS) is 14.8. The highest BCUT2D eigenvalue weighted by Crippen LogP contribution is 2.33. The fourth-order valence-electron chi connectivity index (χ4n) is 1.98. The van der Waals surface area contributed by atoms with Crippen molar-refractivity contribution < 1.29 is 4.79 Å². The van der Waals surface area contributed by atoms with Gasteiger partial charge in [0.15, 0.2) is 5.13 Å². The van der Waals surface area contributed by atoms with E-state index < -0.39 is 0 Å². The number of nitrogens with one attached hydrogen (secondary N) is 1. The van der Waals surface area contributed by atoms with E-state index in [0.717, 1.165) is 18.8 Å². The number of aromatic nitrogens is 1. The van der Waals surface area contributed by atoms with Crippen molar-refractivity contribution in [2.75, 3.05) is 23.3 Å². The predicted molar refractivity (Wildman–Crippen MR) is 78.6 cm³/mol. The molecule has 0 radical (unpaired) electrons. The Bertz CT molecular complexity index is 384. The summed E-state index contributed by atoms with van der Waals surface area (Å²) in [5.41, 5.74) is 1.02. The van der Waals surface area contributed by atoms with Crippen LogP contribution < -0.4 is 10.2 Å². The van der Waals surface area contributed by atoms with Crippen LogP contribution in [0, 0.1) is 6.92 Å². The van der Waals surface area contributed by atoms with Crippen molar-refractivity contribution in [3.63, 3.8) is 0 Å². The SMILES string of the molecule is CC.CC(=O)Nc1nc(C)c(N2CCCCC2)s1. The summed E-state index contributed by atoms with van der Waals surface area (Å²) in [5.74, 6) is -0.0565. The van der Waals surface area contributed by atoms with Crippen LogP contribution in [0.4, 0.5) is 10.1 Å². The maximum atomic E-state index is 11.0. The number of hydrogen-bond donors (Lipinski definition) is 1. The Morgan fingerprint density at radius 3 is 2.44 bits per heavy atom. The molecule has 0 saturated carbocycles. The topological polar surface area (TPSA) is 45.2 Å². The fraction of sp³-hybridized carbons (Fsp3) is 0.692. The highest BCUT2D eigenvalue weighted by Gasteiger charge is 2.17. The van der Waals surface area contributed by atoms with Gasteiger partial charge in [-0.05, 0) is 26.2 Å². The molecule has 2 heterocycles. The molecule has 1 aromatic rings. The minimum atomic E-state index is -0.0565. The van der Waals surface area contributed by atoms with Crippen molar-refractivity contribution in [2.45, 2.75) is 47.0 Å². The van der Waals surface area contributed by atoms with Gasteiger partial charge in [-0.2, -0.15) is 0 Å². The molecule has 5 heteroatoms. The summed E-state index contributed by atoms with van der Waals surface area (Å²) < 4.78 is 0. The number of thiazole rings is 1. The van der Waals surface area contributed by atoms with Crippen molar-refractivity contribution in [3.05, 3.63) is 5.69 Å². The van der Waals surface area contributed by atoms with E-state index in [4.69, 9.17) is 0 Å². The molecule has 1 aliphatic heterocycles. The van der Waals surface area contributed by atoms with Gasteiger partial charge in [0, 0.05) is 20.0 Å². The van der Waals surface area contributed by atoms with E-state index in [1.165, 1.54) is 31.2 Å². The van der Waals surface area contributed by atoms with E-state index in [1.54, 1.807) is 11.3 Å². The molecule has 1 saturated heterocycles. The van der Waals surface area contributed by atoms with Crippen LogP contribution in [-0.2, 0) is 4.79 Å². The van der Waals surface area contributed by atoms with Crippen LogP contribution in [0.3, 0.4) is 0 Å². The van der Waals surface area contributed by atoms with E-state index >= 15 is 0 Å². The Morgan fingerprint density at radius 1 is 1.28 bits per heavy atom. The smallest absolute Gasteiger partial charge is 0.223 e. The van der Waals surface area contributed by atoms with Gasteiger partial charge < -0.3 is 10.2 Å². The Hall–Kier alpha value is -1.10. The third-order valence-electron chi connectivity index (χ3n) is 2.70. The molecule has 1 amide bonds. The number of aryl methyl sites for hydroxylation is 1. The second kappa shape index (κ2) is 7.36. The molecule has 18 heavy (non-hydrogen) atoms. The molecule has 0 aliphatic carbocycles. The predicted octanol–water partition coefficient (Wildman–Crippen LogP) is 3.43. The molecule has 0 bridgehead atoms. The number of piperidine rings is 1. The van der Waals surface area contributed by atoms with E-state index in [9.17, 15) is 4.79 Å². The van der Waals surface area contributed by atoms with Crippen LogP contribution >= 0.6 is 11.3 Å². The first-order valence-electron chi connectivity index (χ1n) is 6.67. The quantitative estimate of drug-likeness (QED) is 0.894. The Balaban J connectivity index is 0.000000771. The molecular weight excluding hydrogens is 246 g/mol. The van der Waals surface area contributed by atoms with E-state index in [-0.39, 0.29) is 5.91 Å². The number of nitrogens with zero attached hydrogens (tertiary/aromatic N) is 2. The second-order valence-corrected chi connectivity index (χ2v) is 5.12. The van der Waals surface area contributed by atoms with E-state index in [2.05, 4.69) is 15.2 Å². The van der Waals surface area contributed by atoms with Gasteiger partial charge in [-0.3, -0.25) is 4.79 Å². The average Bonchev–Trinajstić information content (AvgIpc) is 2.73. The fourth-order valence-corrected chi connectivity index (χ4v) is 3.05. The summed E-state index contributed by atoms with van der Waals surface area (Å²) in [7, 11) is 0. The van der Waals surface area contributed by atoms with E-state index in [1.807, 2.05) is 20.8 Å². The molecule has 1 aromatic heterocycles. The average molecular weight is 269 g/mol. The van der Waals surface area contributed by atoms with Gasteiger partial charge in [0.25, 0.3) is 0 Å². The van der Waals surface area contributed by atoms with Gasteiger partial charge in [-0.1, -0.05) is 25.2 Å². The molecule has 1 fully saturated rings. The van der Waals surface area contributed by atoms with Gasteiger partial charge in [0.1, 0.15) is 5.00 Å². The summed E-state index contributed by atoms with van der Waals surface area (Å²) in [6, 6.07) is 0. The molecule has 1 aliphatic rings. The maximum absolute atomic E-state index is 11.0. The summed E-state index contributed by atoms with van der Waals surface area (Å²) >= 11 is 1.58. The van der Waals surface area contributed by atoms with Crippen molar-refractivity contribution >= 4 is 27.4 Å². The zero-order valence-corrected chi connectivity index (χ0v) is 12.6. The summed E-state index contributed by atoms with van der Waals surface area (Å²) in [6.07, 6.45) is 3.84. The number of amides is 1. The second-order valence-electron chi connectivity index (χ2n) is 4.14. The Kier molecular flexibility index (Phi) is 6.12. The molecule has 2 rings (SSSR count). The van der Waals surface area contributed by atoms with Crippen LogP contribution in [0.1, 0.15) is 45.7 Å². The molecule has 0 spiro atoms. The standard InChI is InChI=1S/C11H17N3OS.C2H6/c1-8-10(14-6-4-3-5-7-14)16-11(12-8)13-9(2)15;1-2/h3-7H2,1-2H3,(H,12,13,15);1-2H3. The molecule has 0 atom stereocenters. The molecule has 1 N–H and O–H groups in total. The molecule has 4 nitrogen and oxygen atoms in total. The van der Waals surface area contributed by atoms with Crippen LogP contribution in [0.5, 0.6) is 0 Å². The summed E-state index contributed by atoms with van der Waals surface area (Å²) in [5, 5.41) is 4.67. The third-order valence-corrected chi connectivity index (χ3v) is 3.83. The van der Waals surface area contributed by atoms with Crippen LogP contribution in [0.2, 0.25) is 0 Å². The van der Waals surface area contributed by atoms with Gasteiger partial charge in [-0.25, -0.2) is 4.98 Å². The van der Waals surface area contributed by atoms with Crippen molar-refractivity contribution in [3.8, 4) is 0 Å². The van der Waals surface area contributed by atoms with Gasteiger partial charge >= 0.3 is 0 Å². The number of carbonyl (C=O) groups is 1. The lowest BCUT2D eigenvalue weighted by atomic mass is 10.1. The zero-order chi connectivity index (χ0) is 13.5. The number of carbonyl (C=O) groups excluding carboxylic acids is 1. The first-order chi connectivity index (χ1) is 8.66. The van der Waals surface area contributed by atoms with Crippen molar-refractivity contribution in [1.82, 2.24) is 4.98 Å². The van der Waals surface area contributed by atoms with Crippen LogP contribution in [0.25, 0.3) is 0 Å². The van der Waals surface area contributed by atoms with Gasteiger partial charge in [0.2, 0.25) is 5.91 Å². The van der Waals surface area contributed by atoms with Gasteiger partial charge in [-0.15, -0.1) is 0 Å². The highest BCUT2D eigenvalue weighted by atomic mass is 32.1.